The maximum atomic E-state index is 12.7. The third-order valence-corrected chi connectivity index (χ3v) is 4.75. The average Bonchev–Trinajstić information content (AvgIpc) is 2.69. The summed E-state index contributed by atoms with van der Waals surface area (Å²) in [6.45, 7) is 4.56. The van der Waals surface area contributed by atoms with Gasteiger partial charge in [0.1, 0.15) is 5.75 Å². The number of nitrogens with one attached hydrogen (secondary N) is 3. The molecule has 0 atom stereocenters. The van der Waals surface area contributed by atoms with Crippen molar-refractivity contribution >= 4 is 56.4 Å². The largest absolute Gasteiger partial charge is 0.493 e. The second-order valence-corrected chi connectivity index (χ2v) is 7.95. The van der Waals surface area contributed by atoms with Gasteiger partial charge in [-0.05, 0) is 61.5 Å². The standard InChI is InChI=1S/C22H26BrN3O3S/c1-3-5-12-29-19-11-10-15(23)13-18(19)21(28)26-22(30)25-17-9-6-8-16(14-17)24-20(27)7-4-2/h6,8-11,13-14H,3-5,7,12H2,1-2H3,(H,24,27)(H2,25,26,28,30). The number of thiocarbonyl (C=S) groups is 1. The van der Waals surface area contributed by atoms with E-state index in [1.54, 1.807) is 36.4 Å². The first kappa shape index (κ1) is 23.8. The molecule has 0 saturated heterocycles. The van der Waals surface area contributed by atoms with Crippen molar-refractivity contribution in [3.05, 3.63) is 52.5 Å². The summed E-state index contributed by atoms with van der Waals surface area (Å²) in [6.07, 6.45) is 3.15. The van der Waals surface area contributed by atoms with Crippen molar-refractivity contribution in [2.24, 2.45) is 0 Å². The van der Waals surface area contributed by atoms with Gasteiger partial charge in [0.2, 0.25) is 5.91 Å². The minimum absolute atomic E-state index is 0.0456. The molecule has 0 aliphatic carbocycles. The van der Waals surface area contributed by atoms with Gasteiger partial charge in [-0.3, -0.25) is 14.9 Å². The first-order valence-electron chi connectivity index (χ1n) is 9.87. The van der Waals surface area contributed by atoms with Gasteiger partial charge in [-0.15, -0.1) is 0 Å². The van der Waals surface area contributed by atoms with Gasteiger partial charge in [-0.25, -0.2) is 0 Å². The van der Waals surface area contributed by atoms with Crippen LogP contribution in [0.2, 0.25) is 0 Å². The number of hydrogen-bond donors (Lipinski definition) is 3. The van der Waals surface area contributed by atoms with Crippen molar-refractivity contribution < 1.29 is 14.3 Å². The lowest BCUT2D eigenvalue weighted by molar-refractivity contribution is -0.116. The molecule has 6 nitrogen and oxygen atoms in total. The Kier molecular flexibility index (Phi) is 9.76. The fourth-order valence-corrected chi connectivity index (χ4v) is 3.16. The van der Waals surface area contributed by atoms with Crippen LogP contribution in [0, 0.1) is 0 Å². The molecule has 0 heterocycles. The van der Waals surface area contributed by atoms with E-state index < -0.39 is 0 Å². The molecule has 0 radical (unpaired) electrons. The molecule has 0 aliphatic rings. The molecular weight excluding hydrogens is 466 g/mol. The number of ether oxygens (including phenoxy) is 1. The van der Waals surface area contributed by atoms with Crippen molar-refractivity contribution in [3.8, 4) is 5.75 Å². The van der Waals surface area contributed by atoms with E-state index in [-0.39, 0.29) is 16.9 Å². The molecule has 0 unspecified atom stereocenters. The topological polar surface area (TPSA) is 79.5 Å². The third-order valence-electron chi connectivity index (χ3n) is 4.05. The number of benzene rings is 2. The minimum Gasteiger partial charge on any atom is -0.493 e. The van der Waals surface area contributed by atoms with Crippen molar-refractivity contribution in [1.29, 1.82) is 0 Å². The lowest BCUT2D eigenvalue weighted by Crippen LogP contribution is -2.34. The summed E-state index contributed by atoms with van der Waals surface area (Å²) in [7, 11) is 0. The number of hydrogen-bond acceptors (Lipinski definition) is 4. The highest BCUT2D eigenvalue weighted by Gasteiger charge is 2.15. The number of halogens is 1. The predicted molar refractivity (Wildman–Crippen MR) is 128 cm³/mol. The van der Waals surface area contributed by atoms with Gasteiger partial charge >= 0.3 is 0 Å². The van der Waals surface area contributed by atoms with Crippen LogP contribution in [0.1, 0.15) is 49.9 Å². The van der Waals surface area contributed by atoms with Crippen molar-refractivity contribution in [3.63, 3.8) is 0 Å². The number of unbranched alkanes of at least 4 members (excludes halogenated alkanes) is 1. The molecule has 0 saturated carbocycles. The molecule has 2 aromatic rings. The van der Waals surface area contributed by atoms with Gasteiger partial charge < -0.3 is 15.4 Å². The molecule has 0 fully saturated rings. The molecule has 0 aromatic heterocycles. The highest BCUT2D eigenvalue weighted by molar-refractivity contribution is 9.10. The summed E-state index contributed by atoms with van der Waals surface area (Å²) >= 11 is 8.67. The highest BCUT2D eigenvalue weighted by Crippen LogP contribution is 2.24. The Balaban J connectivity index is 2.02. The zero-order chi connectivity index (χ0) is 21.9. The first-order chi connectivity index (χ1) is 14.4. The number of rotatable bonds is 9. The van der Waals surface area contributed by atoms with Crippen LogP contribution in [0.15, 0.2) is 46.9 Å². The Morgan fingerprint density at radius 1 is 1.03 bits per heavy atom. The Hall–Kier alpha value is -2.45. The minimum atomic E-state index is -0.368. The summed E-state index contributed by atoms with van der Waals surface area (Å²) in [5, 5.41) is 8.63. The van der Waals surface area contributed by atoms with Crippen LogP contribution in [0.3, 0.4) is 0 Å². The van der Waals surface area contributed by atoms with E-state index in [1.165, 1.54) is 0 Å². The van der Waals surface area contributed by atoms with Gasteiger partial charge in [0.25, 0.3) is 5.91 Å². The maximum Gasteiger partial charge on any atom is 0.261 e. The first-order valence-corrected chi connectivity index (χ1v) is 11.1. The van der Waals surface area contributed by atoms with E-state index in [9.17, 15) is 9.59 Å². The smallest absolute Gasteiger partial charge is 0.261 e. The maximum absolute atomic E-state index is 12.7. The molecule has 8 heteroatoms. The molecule has 30 heavy (non-hydrogen) atoms. The van der Waals surface area contributed by atoms with Crippen LogP contribution < -0.4 is 20.7 Å². The van der Waals surface area contributed by atoms with Crippen LogP contribution in [0.25, 0.3) is 0 Å². The molecule has 2 rings (SSSR count). The quantitative estimate of drug-likeness (QED) is 0.319. The normalized spacial score (nSPS) is 10.2. The van der Waals surface area contributed by atoms with Gasteiger partial charge in [-0.1, -0.05) is 42.3 Å². The summed E-state index contributed by atoms with van der Waals surface area (Å²) in [6, 6.07) is 12.4. The van der Waals surface area contributed by atoms with Crippen LogP contribution in [0.5, 0.6) is 5.75 Å². The molecule has 160 valence electrons. The number of carbonyl (C=O) groups is 2. The fourth-order valence-electron chi connectivity index (χ4n) is 2.59. The zero-order valence-electron chi connectivity index (χ0n) is 17.1. The summed E-state index contributed by atoms with van der Waals surface area (Å²) < 4.78 is 6.51. The van der Waals surface area contributed by atoms with Crippen LogP contribution >= 0.6 is 28.1 Å². The molecule has 0 bridgehead atoms. The van der Waals surface area contributed by atoms with E-state index >= 15 is 0 Å². The molecular formula is C22H26BrN3O3S. The molecule has 0 spiro atoms. The zero-order valence-corrected chi connectivity index (χ0v) is 19.5. The van der Waals surface area contributed by atoms with Gasteiger partial charge in [0, 0.05) is 22.3 Å². The Bertz CT molecular complexity index is 905. The van der Waals surface area contributed by atoms with Crippen molar-refractivity contribution in [1.82, 2.24) is 5.32 Å². The number of carbonyl (C=O) groups excluding carboxylic acids is 2. The molecule has 3 N–H and O–H groups in total. The summed E-state index contributed by atoms with van der Waals surface area (Å²) in [4.78, 5) is 24.5. The second kappa shape index (κ2) is 12.3. The summed E-state index contributed by atoms with van der Waals surface area (Å²) in [5.41, 5.74) is 1.71. The summed E-state index contributed by atoms with van der Waals surface area (Å²) in [5.74, 6) is 0.0936. The van der Waals surface area contributed by atoms with Gasteiger partial charge in [0.15, 0.2) is 5.11 Å². The van der Waals surface area contributed by atoms with E-state index in [2.05, 4.69) is 38.8 Å². The SMILES string of the molecule is CCCCOc1ccc(Br)cc1C(=O)NC(=S)Nc1cccc(NC(=O)CCC)c1. The van der Waals surface area contributed by atoms with Crippen molar-refractivity contribution in [2.75, 3.05) is 17.2 Å². The molecule has 0 aliphatic heterocycles. The van der Waals surface area contributed by atoms with E-state index in [0.29, 0.717) is 35.7 Å². The Morgan fingerprint density at radius 3 is 2.47 bits per heavy atom. The predicted octanol–water partition coefficient (Wildman–Crippen LogP) is 5.49. The number of anilines is 2. The van der Waals surface area contributed by atoms with Crippen LogP contribution in [0.4, 0.5) is 11.4 Å². The third kappa shape index (κ3) is 7.76. The van der Waals surface area contributed by atoms with Gasteiger partial charge in [0.05, 0.1) is 12.2 Å². The van der Waals surface area contributed by atoms with E-state index in [4.69, 9.17) is 17.0 Å². The number of amides is 2. The van der Waals surface area contributed by atoms with Crippen LogP contribution in [-0.4, -0.2) is 23.5 Å². The fraction of sp³-hybridized carbons (Fsp3) is 0.318. The Labute approximate surface area is 190 Å². The Morgan fingerprint density at radius 2 is 1.77 bits per heavy atom. The highest BCUT2D eigenvalue weighted by atomic mass is 79.9. The second-order valence-electron chi connectivity index (χ2n) is 6.63. The van der Waals surface area contributed by atoms with Crippen molar-refractivity contribution in [2.45, 2.75) is 39.5 Å². The lowest BCUT2D eigenvalue weighted by Gasteiger charge is -2.14. The monoisotopic (exact) mass is 491 g/mol. The average molecular weight is 492 g/mol. The van der Waals surface area contributed by atoms with E-state index in [1.807, 2.05) is 13.0 Å². The lowest BCUT2D eigenvalue weighted by atomic mass is 10.2. The van der Waals surface area contributed by atoms with E-state index in [0.717, 1.165) is 23.7 Å². The van der Waals surface area contributed by atoms with Crippen LogP contribution in [-0.2, 0) is 4.79 Å². The van der Waals surface area contributed by atoms with Gasteiger partial charge in [-0.2, -0.15) is 0 Å². The molecule has 2 aromatic carbocycles. The molecule has 2 amide bonds.